The van der Waals surface area contributed by atoms with Crippen molar-refractivity contribution in [2.45, 2.75) is 46.3 Å². The van der Waals surface area contributed by atoms with Crippen molar-refractivity contribution in [2.75, 3.05) is 27.4 Å². The van der Waals surface area contributed by atoms with Gasteiger partial charge in [-0.3, -0.25) is 4.79 Å². The summed E-state index contributed by atoms with van der Waals surface area (Å²) in [6.07, 6.45) is 2.39. The highest BCUT2D eigenvalue weighted by atomic mass is 16.5. The Labute approximate surface area is 239 Å². The highest BCUT2D eigenvalue weighted by molar-refractivity contribution is 5.95. The summed E-state index contributed by atoms with van der Waals surface area (Å²) in [4.78, 5) is 37.1. The van der Waals surface area contributed by atoms with Crippen LogP contribution in [-0.2, 0) is 14.3 Å². The molecular formula is C29H36N4O8. The zero-order valence-corrected chi connectivity index (χ0v) is 24.0. The van der Waals surface area contributed by atoms with Crippen molar-refractivity contribution in [3.05, 3.63) is 58.8 Å². The molecule has 3 amide bonds. The van der Waals surface area contributed by atoms with Crippen LogP contribution in [0.15, 0.2) is 52.8 Å². The van der Waals surface area contributed by atoms with Crippen molar-refractivity contribution in [2.24, 2.45) is 5.10 Å². The molecule has 220 valence electrons. The third-order valence-corrected chi connectivity index (χ3v) is 6.14. The second-order valence-corrected chi connectivity index (χ2v) is 9.03. The molecule has 0 fully saturated rings. The third kappa shape index (κ3) is 8.13. The number of nitrogens with zero attached hydrogens (tertiary/aromatic N) is 1. The van der Waals surface area contributed by atoms with Crippen molar-refractivity contribution in [3.63, 3.8) is 0 Å². The van der Waals surface area contributed by atoms with E-state index in [4.69, 9.17) is 23.7 Å². The maximum atomic E-state index is 12.6. The Kier molecular flexibility index (Phi) is 11.0. The number of rotatable bonds is 13. The fourth-order valence-corrected chi connectivity index (χ4v) is 3.92. The van der Waals surface area contributed by atoms with Gasteiger partial charge in [0, 0.05) is 5.70 Å². The number of amides is 3. The second kappa shape index (κ2) is 14.6. The van der Waals surface area contributed by atoms with Gasteiger partial charge in [-0.1, -0.05) is 13.0 Å². The first kappa shape index (κ1) is 30.8. The number of hydrogen-bond donors (Lipinski definition) is 3. The number of methoxy groups -OCH3 is 2. The van der Waals surface area contributed by atoms with Gasteiger partial charge in [0.15, 0.2) is 29.6 Å². The number of allylic oxidation sites excluding steroid dienone is 1. The van der Waals surface area contributed by atoms with E-state index in [0.29, 0.717) is 34.1 Å². The lowest BCUT2D eigenvalue weighted by atomic mass is 9.95. The first-order chi connectivity index (χ1) is 19.7. The van der Waals surface area contributed by atoms with Crippen LogP contribution in [0, 0.1) is 0 Å². The Hall–Kier alpha value is -4.74. The molecule has 1 aliphatic heterocycles. The fraction of sp³-hybridized carbons (Fsp3) is 0.379. The number of hydrogen-bond acceptors (Lipinski definition) is 9. The van der Waals surface area contributed by atoms with Gasteiger partial charge in [0.05, 0.1) is 44.8 Å². The first-order valence-corrected chi connectivity index (χ1v) is 13.1. The number of carbonyl (C=O) groups excluding carboxylic acids is 3. The van der Waals surface area contributed by atoms with Crippen LogP contribution in [0.4, 0.5) is 4.79 Å². The number of nitrogens with one attached hydrogen (secondary N) is 3. The summed E-state index contributed by atoms with van der Waals surface area (Å²) in [5.41, 5.74) is 4.35. The molecule has 2 aromatic rings. The Morgan fingerprint density at radius 1 is 1.05 bits per heavy atom. The van der Waals surface area contributed by atoms with Crippen LogP contribution in [0.25, 0.3) is 0 Å². The van der Waals surface area contributed by atoms with E-state index in [1.165, 1.54) is 13.3 Å². The minimum absolute atomic E-state index is 0.0473. The third-order valence-electron chi connectivity index (χ3n) is 6.14. The number of hydrazone groups is 1. The molecule has 1 heterocycles. The molecule has 41 heavy (non-hydrogen) atoms. The highest BCUT2D eigenvalue weighted by Gasteiger charge is 2.32. The number of benzene rings is 2. The van der Waals surface area contributed by atoms with Gasteiger partial charge in [0.1, 0.15) is 0 Å². The Balaban J connectivity index is 1.64. The molecule has 0 aliphatic carbocycles. The van der Waals surface area contributed by atoms with E-state index in [1.54, 1.807) is 57.4 Å². The van der Waals surface area contributed by atoms with Crippen LogP contribution < -0.4 is 35.0 Å². The van der Waals surface area contributed by atoms with Gasteiger partial charge < -0.3 is 34.3 Å². The lowest BCUT2D eigenvalue weighted by Crippen LogP contribution is -2.45. The van der Waals surface area contributed by atoms with Crippen LogP contribution in [0.2, 0.25) is 0 Å². The summed E-state index contributed by atoms with van der Waals surface area (Å²) in [6, 6.07) is 9.00. The van der Waals surface area contributed by atoms with Crippen molar-refractivity contribution < 1.29 is 38.1 Å². The first-order valence-electron chi connectivity index (χ1n) is 13.1. The molecule has 0 unspecified atom stereocenters. The largest absolute Gasteiger partial charge is 0.493 e. The van der Waals surface area contributed by atoms with Crippen molar-refractivity contribution in [1.82, 2.24) is 16.1 Å². The van der Waals surface area contributed by atoms with E-state index < -0.39 is 23.9 Å². The monoisotopic (exact) mass is 568 g/mol. The Morgan fingerprint density at radius 2 is 1.76 bits per heavy atom. The van der Waals surface area contributed by atoms with E-state index in [1.807, 2.05) is 13.8 Å². The van der Waals surface area contributed by atoms with E-state index >= 15 is 0 Å². The number of carbonyl (C=O) groups is 3. The summed E-state index contributed by atoms with van der Waals surface area (Å²) in [5, 5.41) is 9.30. The topological polar surface area (TPSA) is 146 Å². The molecule has 0 saturated carbocycles. The molecule has 0 aromatic heterocycles. The molecule has 0 spiro atoms. The number of urea groups is 1. The number of ether oxygens (including phenoxy) is 5. The molecule has 2 atom stereocenters. The van der Waals surface area contributed by atoms with E-state index in [-0.39, 0.29) is 30.6 Å². The Bertz CT molecular complexity index is 1320. The normalized spacial score (nSPS) is 15.5. The van der Waals surface area contributed by atoms with Crippen LogP contribution >= 0.6 is 0 Å². The summed E-state index contributed by atoms with van der Waals surface area (Å²) in [5.74, 6) is 0.735. The molecule has 3 rings (SSSR count). The van der Waals surface area contributed by atoms with Gasteiger partial charge in [-0.15, -0.1) is 0 Å². The summed E-state index contributed by atoms with van der Waals surface area (Å²) in [6.45, 7) is 7.19. The van der Waals surface area contributed by atoms with E-state index in [2.05, 4.69) is 21.2 Å². The van der Waals surface area contributed by atoms with E-state index in [9.17, 15) is 14.4 Å². The molecular weight excluding hydrogens is 532 g/mol. The minimum atomic E-state index is -0.766. The van der Waals surface area contributed by atoms with E-state index in [0.717, 1.165) is 6.42 Å². The summed E-state index contributed by atoms with van der Waals surface area (Å²) < 4.78 is 27.5. The van der Waals surface area contributed by atoms with Crippen LogP contribution in [0.5, 0.6) is 23.0 Å². The fourth-order valence-electron chi connectivity index (χ4n) is 3.92. The van der Waals surface area contributed by atoms with Crippen molar-refractivity contribution in [1.29, 1.82) is 0 Å². The zero-order valence-electron chi connectivity index (χ0n) is 24.0. The molecule has 0 radical (unpaired) electrons. The minimum Gasteiger partial charge on any atom is -0.493 e. The van der Waals surface area contributed by atoms with Crippen LogP contribution in [-0.4, -0.2) is 57.7 Å². The maximum Gasteiger partial charge on any atom is 0.338 e. The molecule has 12 nitrogen and oxygen atoms in total. The van der Waals surface area contributed by atoms with Crippen LogP contribution in [0.3, 0.4) is 0 Å². The SMILES string of the molecule is CCOC(=O)C1=C(C)NC(=O)N[C@H]1c1ccc(OCC(=O)N/N=C\c2ccc(O[C@@H](C)CC)c(OC)c2)c(OC)c1. The Morgan fingerprint density at radius 3 is 2.44 bits per heavy atom. The van der Waals surface area contributed by atoms with Gasteiger partial charge in [0.25, 0.3) is 5.91 Å². The lowest BCUT2D eigenvalue weighted by molar-refractivity contribution is -0.139. The molecule has 0 bridgehead atoms. The van der Waals surface area contributed by atoms with Crippen molar-refractivity contribution >= 4 is 24.1 Å². The summed E-state index contributed by atoms with van der Waals surface area (Å²) >= 11 is 0. The van der Waals surface area contributed by atoms with Crippen LogP contribution in [0.1, 0.15) is 51.3 Å². The van der Waals surface area contributed by atoms with Gasteiger partial charge in [-0.2, -0.15) is 5.10 Å². The molecule has 12 heteroatoms. The van der Waals surface area contributed by atoms with Gasteiger partial charge >= 0.3 is 12.0 Å². The quantitative estimate of drug-likeness (QED) is 0.189. The van der Waals surface area contributed by atoms with Crippen molar-refractivity contribution in [3.8, 4) is 23.0 Å². The standard InChI is InChI=1S/C29H36N4O8/c1-7-17(3)41-22-11-9-19(13-23(22)37-5)15-30-33-25(34)16-40-21-12-10-20(14-24(21)38-6)27-26(28(35)39-8-2)18(4)31-29(36)32-27/h9-15,17,27H,7-8,16H2,1-6H3,(H,33,34)(H2,31,32,36)/b30-15-/t17-,27-/m0/s1. The average Bonchev–Trinajstić information content (AvgIpc) is 2.96. The molecule has 2 aromatic carbocycles. The predicted octanol–water partition coefficient (Wildman–Crippen LogP) is 3.60. The van der Waals surface area contributed by atoms with Gasteiger partial charge in [-0.25, -0.2) is 15.0 Å². The smallest absolute Gasteiger partial charge is 0.338 e. The molecule has 1 aliphatic rings. The molecule has 0 saturated heterocycles. The summed E-state index contributed by atoms with van der Waals surface area (Å²) in [7, 11) is 3.00. The van der Waals surface area contributed by atoms with Gasteiger partial charge in [0.2, 0.25) is 0 Å². The van der Waals surface area contributed by atoms with Gasteiger partial charge in [-0.05, 0) is 68.7 Å². The average molecular weight is 569 g/mol. The lowest BCUT2D eigenvalue weighted by Gasteiger charge is -2.28. The predicted molar refractivity (Wildman–Crippen MR) is 151 cm³/mol. The highest BCUT2D eigenvalue weighted by Crippen LogP contribution is 2.34. The zero-order chi connectivity index (χ0) is 29.9. The molecule has 3 N–H and O–H groups in total. The number of esters is 1. The maximum absolute atomic E-state index is 12.6. The second-order valence-electron chi connectivity index (χ2n) is 9.03.